The summed E-state index contributed by atoms with van der Waals surface area (Å²) in [5.74, 6) is -1.33. The van der Waals surface area contributed by atoms with Crippen LogP contribution < -0.4 is 0 Å². The average Bonchev–Trinajstić information content (AvgIpc) is 2.55. The molecule has 0 saturated heterocycles. The molecule has 4 nitrogen and oxygen atoms in total. The molecule has 0 unspecified atom stereocenters. The number of aryl methyl sites for hydroxylation is 1. The summed E-state index contributed by atoms with van der Waals surface area (Å²) in [5, 5.41) is 0.874. The smallest absolute Gasteiger partial charge is 0.306 e. The van der Waals surface area contributed by atoms with E-state index in [0.29, 0.717) is 13.0 Å². The zero-order valence-corrected chi connectivity index (χ0v) is 14.1. The van der Waals surface area contributed by atoms with E-state index in [1.807, 2.05) is 30.3 Å². The van der Waals surface area contributed by atoms with Crippen molar-refractivity contribution in [3.63, 3.8) is 0 Å². The summed E-state index contributed by atoms with van der Waals surface area (Å²) < 4.78 is 4.98. The largest absolute Gasteiger partial charge is 0.466 e. The van der Waals surface area contributed by atoms with Crippen LogP contribution in [-0.2, 0) is 25.5 Å². The number of benzene rings is 1. The molecule has 1 aromatic rings. The number of halogens is 1. The molecule has 1 rings (SSSR count). The zero-order valence-electron chi connectivity index (χ0n) is 12.6. The van der Waals surface area contributed by atoms with Crippen molar-refractivity contribution in [3.05, 3.63) is 35.9 Å². The number of ether oxygens (including phenoxy) is 1. The number of carbonyl (C=O) groups is 3. The van der Waals surface area contributed by atoms with Crippen molar-refractivity contribution < 1.29 is 19.1 Å². The number of ketones is 2. The molecule has 0 spiro atoms. The van der Waals surface area contributed by atoms with Gasteiger partial charge in [-0.05, 0) is 24.8 Å². The molecule has 0 aliphatic carbocycles. The van der Waals surface area contributed by atoms with Crippen LogP contribution in [-0.4, -0.2) is 29.5 Å². The maximum atomic E-state index is 11.7. The lowest BCUT2D eigenvalue weighted by molar-refractivity contribution is -0.145. The van der Waals surface area contributed by atoms with Crippen LogP contribution in [0.5, 0.6) is 0 Å². The van der Waals surface area contributed by atoms with Crippen molar-refractivity contribution in [2.45, 2.75) is 38.5 Å². The van der Waals surface area contributed by atoms with Gasteiger partial charge >= 0.3 is 5.97 Å². The summed E-state index contributed by atoms with van der Waals surface area (Å²) in [4.78, 5) is 34.8. The van der Waals surface area contributed by atoms with Crippen LogP contribution in [0, 0.1) is 0 Å². The third kappa shape index (κ3) is 8.08. The van der Waals surface area contributed by atoms with Crippen LogP contribution in [0.1, 0.15) is 37.7 Å². The van der Waals surface area contributed by atoms with E-state index in [1.165, 1.54) is 0 Å². The van der Waals surface area contributed by atoms with Gasteiger partial charge in [0.1, 0.15) is 0 Å². The number of carbonyl (C=O) groups excluding carboxylic acids is 3. The quantitative estimate of drug-likeness (QED) is 0.260. The Balaban J connectivity index is 2.18. The fourth-order valence-corrected chi connectivity index (χ4v) is 2.25. The zero-order chi connectivity index (χ0) is 16.2. The average molecular weight is 369 g/mol. The predicted molar refractivity (Wildman–Crippen MR) is 88.0 cm³/mol. The topological polar surface area (TPSA) is 60.4 Å². The van der Waals surface area contributed by atoms with E-state index in [1.54, 1.807) is 0 Å². The van der Waals surface area contributed by atoms with Gasteiger partial charge in [-0.3, -0.25) is 14.4 Å². The monoisotopic (exact) mass is 368 g/mol. The van der Waals surface area contributed by atoms with Gasteiger partial charge < -0.3 is 4.74 Å². The SMILES string of the molecule is O=C(CCC(=O)C(=O)CCc1ccccc1)OCCCCBr. The Morgan fingerprint density at radius 1 is 0.909 bits per heavy atom. The molecule has 0 aromatic heterocycles. The second kappa shape index (κ2) is 11.1. The van der Waals surface area contributed by atoms with Crippen LogP contribution >= 0.6 is 15.9 Å². The van der Waals surface area contributed by atoms with Gasteiger partial charge in [-0.15, -0.1) is 0 Å². The van der Waals surface area contributed by atoms with Crippen molar-refractivity contribution in [1.29, 1.82) is 0 Å². The Bertz CT molecular complexity index is 485. The molecule has 5 heteroatoms. The molecule has 0 aliphatic heterocycles. The molecular formula is C17H21BrO4. The molecule has 0 aliphatic rings. The third-order valence-corrected chi connectivity index (χ3v) is 3.70. The van der Waals surface area contributed by atoms with E-state index in [-0.39, 0.29) is 19.3 Å². The Labute approximate surface area is 139 Å². The van der Waals surface area contributed by atoms with Crippen molar-refractivity contribution >= 4 is 33.5 Å². The minimum Gasteiger partial charge on any atom is -0.466 e. The highest BCUT2D eigenvalue weighted by Gasteiger charge is 2.15. The van der Waals surface area contributed by atoms with Crippen LogP contribution in [0.4, 0.5) is 0 Å². The predicted octanol–water partition coefficient (Wildman–Crippen LogP) is 3.26. The first kappa shape index (κ1) is 18.6. The van der Waals surface area contributed by atoms with Crippen molar-refractivity contribution in [1.82, 2.24) is 0 Å². The van der Waals surface area contributed by atoms with E-state index >= 15 is 0 Å². The second-order valence-electron chi connectivity index (χ2n) is 4.95. The maximum absolute atomic E-state index is 11.7. The lowest BCUT2D eigenvalue weighted by Crippen LogP contribution is -2.17. The van der Waals surface area contributed by atoms with Crippen molar-refractivity contribution in [2.24, 2.45) is 0 Å². The van der Waals surface area contributed by atoms with E-state index < -0.39 is 17.5 Å². The number of unbranched alkanes of at least 4 members (excludes halogenated alkanes) is 1. The summed E-state index contributed by atoms with van der Waals surface area (Å²) in [7, 11) is 0. The van der Waals surface area contributed by atoms with Crippen LogP contribution in [0.15, 0.2) is 30.3 Å². The van der Waals surface area contributed by atoms with Gasteiger partial charge in [0, 0.05) is 18.2 Å². The molecule has 0 amide bonds. The highest BCUT2D eigenvalue weighted by molar-refractivity contribution is 9.09. The summed E-state index contributed by atoms with van der Waals surface area (Å²) in [6.07, 6.45) is 2.37. The number of hydrogen-bond donors (Lipinski definition) is 0. The Morgan fingerprint density at radius 2 is 1.59 bits per heavy atom. The molecule has 0 heterocycles. The molecule has 0 bridgehead atoms. The van der Waals surface area contributed by atoms with Crippen molar-refractivity contribution in [2.75, 3.05) is 11.9 Å². The van der Waals surface area contributed by atoms with Gasteiger partial charge in [-0.1, -0.05) is 46.3 Å². The van der Waals surface area contributed by atoms with Gasteiger partial charge in [-0.25, -0.2) is 0 Å². The van der Waals surface area contributed by atoms with Gasteiger partial charge in [0.2, 0.25) is 0 Å². The highest BCUT2D eigenvalue weighted by Crippen LogP contribution is 2.05. The summed E-state index contributed by atoms with van der Waals surface area (Å²) in [6.45, 7) is 0.362. The lowest BCUT2D eigenvalue weighted by atomic mass is 10.0. The summed E-state index contributed by atoms with van der Waals surface area (Å²) in [5.41, 5.74) is 1.02. The molecule has 0 atom stereocenters. The van der Waals surface area contributed by atoms with E-state index in [0.717, 1.165) is 23.7 Å². The van der Waals surface area contributed by atoms with E-state index in [2.05, 4.69) is 15.9 Å². The first-order valence-electron chi connectivity index (χ1n) is 7.45. The molecule has 0 radical (unpaired) electrons. The molecule has 0 saturated carbocycles. The van der Waals surface area contributed by atoms with Gasteiger partial charge in [-0.2, -0.15) is 0 Å². The number of Topliss-reactive ketones (excluding diaryl/α,β-unsaturated/α-hetero) is 2. The Kier molecular flexibility index (Phi) is 9.39. The van der Waals surface area contributed by atoms with Crippen LogP contribution in [0.25, 0.3) is 0 Å². The molecule has 0 fully saturated rings. The van der Waals surface area contributed by atoms with Gasteiger partial charge in [0.15, 0.2) is 11.6 Å². The number of rotatable bonds is 11. The third-order valence-electron chi connectivity index (χ3n) is 3.14. The molecule has 0 N–H and O–H groups in total. The number of hydrogen-bond acceptors (Lipinski definition) is 4. The number of alkyl halides is 1. The first-order valence-corrected chi connectivity index (χ1v) is 8.57. The molecule has 120 valence electrons. The minimum absolute atomic E-state index is 0.0236. The molecular weight excluding hydrogens is 348 g/mol. The minimum atomic E-state index is -0.492. The van der Waals surface area contributed by atoms with Gasteiger partial charge in [0.05, 0.1) is 13.0 Å². The summed E-state index contributed by atoms with van der Waals surface area (Å²) in [6, 6.07) is 9.53. The van der Waals surface area contributed by atoms with Crippen LogP contribution in [0.2, 0.25) is 0 Å². The molecule has 1 aromatic carbocycles. The highest BCUT2D eigenvalue weighted by atomic mass is 79.9. The maximum Gasteiger partial charge on any atom is 0.306 e. The fraction of sp³-hybridized carbons (Fsp3) is 0.471. The second-order valence-corrected chi connectivity index (χ2v) is 5.74. The van der Waals surface area contributed by atoms with Crippen molar-refractivity contribution in [3.8, 4) is 0 Å². The normalized spacial score (nSPS) is 10.2. The first-order chi connectivity index (χ1) is 10.6. The Morgan fingerprint density at radius 3 is 2.27 bits per heavy atom. The van der Waals surface area contributed by atoms with Gasteiger partial charge in [0.25, 0.3) is 0 Å². The number of esters is 1. The Hall–Kier alpha value is -1.49. The van der Waals surface area contributed by atoms with Crippen LogP contribution in [0.3, 0.4) is 0 Å². The summed E-state index contributed by atoms with van der Waals surface area (Å²) >= 11 is 3.29. The standard InChI is InChI=1S/C17H21BrO4/c18-12-4-5-13-22-17(21)11-10-16(20)15(19)9-8-14-6-2-1-3-7-14/h1-3,6-7H,4-5,8-13H2. The lowest BCUT2D eigenvalue weighted by Gasteiger charge is -2.04. The fourth-order valence-electron chi connectivity index (χ4n) is 1.85. The molecule has 22 heavy (non-hydrogen) atoms. The van der Waals surface area contributed by atoms with E-state index in [9.17, 15) is 14.4 Å². The van der Waals surface area contributed by atoms with E-state index in [4.69, 9.17) is 4.74 Å².